The van der Waals surface area contributed by atoms with Crippen molar-refractivity contribution in [1.82, 2.24) is 0 Å². The molecule has 1 atom stereocenters. The fraction of sp³-hybridized carbons (Fsp3) is 0.300. The molecule has 0 saturated heterocycles. The number of carboxylic acids is 1. The monoisotopic (exact) mass is 213 g/mol. The van der Waals surface area contributed by atoms with Crippen LogP contribution in [0.25, 0.3) is 0 Å². The van der Waals surface area contributed by atoms with Crippen LogP contribution in [0, 0.1) is 0 Å². The molecule has 0 saturated carbocycles. The molecule has 0 amide bonds. The first kappa shape index (κ1) is 11.5. The number of benzene rings is 1. The number of alkyl halides is 1. The van der Waals surface area contributed by atoms with Crippen molar-refractivity contribution >= 4 is 5.97 Å². The van der Waals surface area contributed by atoms with Gasteiger partial charge in [-0.05, 0) is 17.7 Å². The summed E-state index contributed by atoms with van der Waals surface area (Å²) in [6.07, 6.45) is 0. The van der Waals surface area contributed by atoms with Crippen molar-refractivity contribution in [2.24, 2.45) is 5.73 Å². The first-order chi connectivity index (χ1) is 7.06. The zero-order chi connectivity index (χ0) is 11.5. The molecule has 0 heterocycles. The molecule has 0 aliphatic heterocycles. The van der Waals surface area contributed by atoms with E-state index >= 15 is 0 Å². The Bertz CT molecular complexity index is 346. The first-order valence-electron chi connectivity index (χ1n) is 4.36. The number of phenolic OH excluding ortho intramolecular Hbond substituents is 1. The van der Waals surface area contributed by atoms with E-state index in [1.54, 1.807) is 0 Å². The summed E-state index contributed by atoms with van der Waals surface area (Å²) in [5, 5.41) is 18.0. The predicted octanol–water partition coefficient (Wildman–Crippen LogP) is 0.643. The van der Waals surface area contributed by atoms with Crippen LogP contribution in [0.4, 0.5) is 4.39 Å². The topological polar surface area (TPSA) is 83.6 Å². The van der Waals surface area contributed by atoms with Gasteiger partial charge in [-0.3, -0.25) is 4.79 Å². The van der Waals surface area contributed by atoms with Crippen LogP contribution in [0.1, 0.15) is 5.56 Å². The molecule has 15 heavy (non-hydrogen) atoms. The van der Waals surface area contributed by atoms with Gasteiger partial charge in [0.15, 0.2) is 0 Å². The molecule has 0 aromatic heterocycles. The summed E-state index contributed by atoms with van der Waals surface area (Å²) >= 11 is 0. The van der Waals surface area contributed by atoms with Crippen LogP contribution in [-0.2, 0) is 10.2 Å². The van der Waals surface area contributed by atoms with E-state index in [0.29, 0.717) is 0 Å². The lowest BCUT2D eigenvalue weighted by molar-refractivity contribution is -0.144. The second-order valence-corrected chi connectivity index (χ2v) is 3.27. The van der Waals surface area contributed by atoms with Crippen molar-refractivity contribution in [3.05, 3.63) is 29.8 Å². The first-order valence-corrected chi connectivity index (χ1v) is 4.36. The summed E-state index contributed by atoms with van der Waals surface area (Å²) < 4.78 is 12.8. The Balaban J connectivity index is 3.20. The molecule has 0 aliphatic rings. The zero-order valence-corrected chi connectivity index (χ0v) is 7.98. The van der Waals surface area contributed by atoms with Crippen LogP contribution in [0.5, 0.6) is 5.75 Å². The van der Waals surface area contributed by atoms with Gasteiger partial charge in [-0.25, -0.2) is 4.39 Å². The maximum Gasteiger partial charge on any atom is 0.318 e. The second-order valence-electron chi connectivity index (χ2n) is 3.27. The van der Waals surface area contributed by atoms with E-state index in [4.69, 9.17) is 15.9 Å². The summed E-state index contributed by atoms with van der Waals surface area (Å²) in [4.78, 5) is 11.0. The summed E-state index contributed by atoms with van der Waals surface area (Å²) in [5.41, 5.74) is 3.84. The Morgan fingerprint density at radius 3 is 2.27 bits per heavy atom. The molecule has 4 N–H and O–H groups in total. The van der Waals surface area contributed by atoms with Gasteiger partial charge in [-0.1, -0.05) is 12.1 Å². The fourth-order valence-corrected chi connectivity index (χ4v) is 1.30. The van der Waals surface area contributed by atoms with Gasteiger partial charge in [0.1, 0.15) is 17.8 Å². The van der Waals surface area contributed by atoms with E-state index in [1.807, 2.05) is 0 Å². The van der Waals surface area contributed by atoms with E-state index in [2.05, 4.69) is 0 Å². The molecule has 0 radical (unpaired) electrons. The lowest BCUT2D eigenvalue weighted by atomic mass is 9.82. The number of rotatable bonds is 4. The van der Waals surface area contributed by atoms with Gasteiger partial charge in [0, 0.05) is 6.54 Å². The van der Waals surface area contributed by atoms with Crippen molar-refractivity contribution in [3.8, 4) is 5.75 Å². The van der Waals surface area contributed by atoms with Gasteiger partial charge in [0.2, 0.25) is 0 Å². The standard InChI is InChI=1S/C10H12FNO3/c11-5-10(6-12,9(14)15)7-1-3-8(13)4-2-7/h1-4,13H,5-6,12H2,(H,14,15). The third-order valence-electron chi connectivity index (χ3n) is 2.41. The van der Waals surface area contributed by atoms with Crippen LogP contribution >= 0.6 is 0 Å². The third kappa shape index (κ3) is 1.92. The number of nitrogens with two attached hydrogens (primary N) is 1. The maximum atomic E-state index is 12.8. The number of carboxylic acid groups (broad SMARTS) is 1. The van der Waals surface area contributed by atoms with Gasteiger partial charge in [-0.15, -0.1) is 0 Å². The zero-order valence-electron chi connectivity index (χ0n) is 7.98. The van der Waals surface area contributed by atoms with Crippen LogP contribution in [0.2, 0.25) is 0 Å². The van der Waals surface area contributed by atoms with Gasteiger partial charge in [-0.2, -0.15) is 0 Å². The molecule has 5 heteroatoms. The highest BCUT2D eigenvalue weighted by Gasteiger charge is 2.39. The molecule has 1 aromatic carbocycles. The third-order valence-corrected chi connectivity index (χ3v) is 2.41. The molecule has 82 valence electrons. The summed E-state index contributed by atoms with van der Waals surface area (Å²) in [7, 11) is 0. The lowest BCUT2D eigenvalue weighted by Gasteiger charge is -2.24. The van der Waals surface area contributed by atoms with Crippen molar-refractivity contribution < 1.29 is 19.4 Å². The van der Waals surface area contributed by atoms with E-state index in [0.717, 1.165) is 0 Å². The summed E-state index contributed by atoms with van der Waals surface area (Å²) in [6, 6.07) is 5.32. The van der Waals surface area contributed by atoms with Crippen molar-refractivity contribution in [3.63, 3.8) is 0 Å². The Hall–Kier alpha value is -1.62. The molecule has 0 fully saturated rings. The Labute approximate surface area is 86.1 Å². The molecule has 1 aromatic rings. The minimum absolute atomic E-state index is 0.00563. The van der Waals surface area contributed by atoms with Gasteiger partial charge in [0.25, 0.3) is 0 Å². The SMILES string of the molecule is NCC(CF)(C(=O)O)c1ccc(O)cc1. The molecule has 1 rings (SSSR count). The molecule has 0 spiro atoms. The quantitative estimate of drug-likeness (QED) is 0.685. The molecular formula is C10H12FNO3. The summed E-state index contributed by atoms with van der Waals surface area (Å²) in [5.74, 6) is -1.31. The van der Waals surface area contributed by atoms with Crippen LogP contribution < -0.4 is 5.73 Å². The number of halogens is 1. The number of aliphatic carboxylic acids is 1. The van der Waals surface area contributed by atoms with Crippen molar-refractivity contribution in [1.29, 1.82) is 0 Å². The van der Waals surface area contributed by atoms with E-state index in [9.17, 15) is 9.18 Å². The summed E-state index contributed by atoms with van der Waals surface area (Å²) in [6.45, 7) is -1.41. The van der Waals surface area contributed by atoms with Crippen LogP contribution in [0.15, 0.2) is 24.3 Å². The molecule has 4 nitrogen and oxygen atoms in total. The highest BCUT2D eigenvalue weighted by atomic mass is 19.1. The van der Waals surface area contributed by atoms with Crippen molar-refractivity contribution in [2.75, 3.05) is 13.2 Å². The van der Waals surface area contributed by atoms with E-state index in [-0.39, 0.29) is 17.9 Å². The second kappa shape index (κ2) is 4.27. The minimum Gasteiger partial charge on any atom is -0.508 e. The van der Waals surface area contributed by atoms with Crippen LogP contribution in [-0.4, -0.2) is 29.4 Å². The molecule has 0 aliphatic carbocycles. The molecule has 0 bridgehead atoms. The van der Waals surface area contributed by atoms with Crippen LogP contribution in [0.3, 0.4) is 0 Å². The number of aromatic hydroxyl groups is 1. The Morgan fingerprint density at radius 1 is 1.40 bits per heavy atom. The van der Waals surface area contributed by atoms with Gasteiger partial charge >= 0.3 is 5.97 Å². The number of phenols is 1. The average molecular weight is 213 g/mol. The van der Waals surface area contributed by atoms with Gasteiger partial charge < -0.3 is 15.9 Å². The highest BCUT2D eigenvalue weighted by molar-refractivity contribution is 5.82. The largest absolute Gasteiger partial charge is 0.508 e. The average Bonchev–Trinajstić information content (AvgIpc) is 2.22. The predicted molar refractivity (Wildman–Crippen MR) is 52.5 cm³/mol. The Kier molecular flexibility index (Phi) is 3.26. The smallest absolute Gasteiger partial charge is 0.318 e. The number of hydrogen-bond acceptors (Lipinski definition) is 3. The minimum atomic E-state index is -1.71. The number of carbonyl (C=O) groups is 1. The van der Waals surface area contributed by atoms with E-state index < -0.39 is 18.1 Å². The normalized spacial score (nSPS) is 14.5. The van der Waals surface area contributed by atoms with Crippen molar-refractivity contribution in [2.45, 2.75) is 5.41 Å². The maximum absolute atomic E-state index is 12.8. The van der Waals surface area contributed by atoms with Gasteiger partial charge in [0.05, 0.1) is 0 Å². The molecular weight excluding hydrogens is 201 g/mol. The lowest BCUT2D eigenvalue weighted by Crippen LogP contribution is -2.44. The molecule has 1 unspecified atom stereocenters. The number of hydrogen-bond donors (Lipinski definition) is 3. The van der Waals surface area contributed by atoms with E-state index in [1.165, 1.54) is 24.3 Å². The fourth-order valence-electron chi connectivity index (χ4n) is 1.30. The Morgan fingerprint density at radius 2 is 1.93 bits per heavy atom. The highest BCUT2D eigenvalue weighted by Crippen LogP contribution is 2.26.